The third kappa shape index (κ3) is 4.54. The quantitative estimate of drug-likeness (QED) is 0.220. The van der Waals surface area contributed by atoms with E-state index in [1.54, 1.807) is 0 Å². The third-order valence-corrected chi connectivity index (χ3v) is 11.4. The molecule has 0 saturated heterocycles. The molecule has 0 spiro atoms. The summed E-state index contributed by atoms with van der Waals surface area (Å²) in [6.45, 7) is 13.5. The maximum Gasteiger partial charge on any atom is 0.302 e. The summed E-state index contributed by atoms with van der Waals surface area (Å²) in [6, 6.07) is -0.491. The SMILES string of the molecule is CC(=O)OC1CCC2(C)C3CCC4(C)C(C(C)CCCC(C)C)CCC4C3CC([N+](=O)[O-])C2C1. The van der Waals surface area contributed by atoms with Crippen molar-refractivity contribution in [3.05, 3.63) is 10.1 Å². The first-order valence-electron chi connectivity index (χ1n) is 14.3. The van der Waals surface area contributed by atoms with Gasteiger partial charge in [0, 0.05) is 24.2 Å². The lowest BCUT2D eigenvalue weighted by Gasteiger charge is -2.61. The zero-order valence-corrected chi connectivity index (χ0v) is 22.6. The van der Waals surface area contributed by atoms with Crippen LogP contribution < -0.4 is 0 Å². The first-order chi connectivity index (χ1) is 16.0. The standard InChI is InChI=1S/C29H49NO4/c1-18(2)8-7-9-19(3)23-10-11-24-22-17-27(30(32)33)26-16-21(34-20(4)31)12-14-29(26,6)25(22)13-15-28(23,24)5/h18-19,21-27H,7-17H2,1-6H3. The zero-order valence-electron chi connectivity index (χ0n) is 22.6. The molecule has 0 amide bonds. The van der Waals surface area contributed by atoms with E-state index >= 15 is 0 Å². The Hall–Kier alpha value is -1.13. The molecule has 34 heavy (non-hydrogen) atoms. The number of nitro groups is 1. The van der Waals surface area contributed by atoms with Gasteiger partial charge in [0.2, 0.25) is 6.04 Å². The van der Waals surface area contributed by atoms with Gasteiger partial charge in [-0.05, 0) is 91.3 Å². The molecule has 4 rings (SSSR count). The Morgan fingerprint density at radius 2 is 1.65 bits per heavy atom. The van der Waals surface area contributed by atoms with Crippen LogP contribution in [0.3, 0.4) is 0 Å². The molecule has 10 unspecified atom stereocenters. The Morgan fingerprint density at radius 1 is 0.971 bits per heavy atom. The highest BCUT2D eigenvalue weighted by Crippen LogP contribution is 2.68. The van der Waals surface area contributed by atoms with E-state index in [2.05, 4.69) is 34.6 Å². The van der Waals surface area contributed by atoms with Gasteiger partial charge in [0.15, 0.2) is 0 Å². The average Bonchev–Trinajstić information content (AvgIpc) is 3.10. The van der Waals surface area contributed by atoms with Crippen molar-refractivity contribution in [3.63, 3.8) is 0 Å². The molecule has 4 aliphatic rings. The van der Waals surface area contributed by atoms with Crippen molar-refractivity contribution in [2.45, 2.75) is 124 Å². The van der Waals surface area contributed by atoms with Gasteiger partial charge in [-0.1, -0.05) is 53.9 Å². The smallest absolute Gasteiger partial charge is 0.302 e. The zero-order chi connectivity index (χ0) is 24.8. The lowest BCUT2D eigenvalue weighted by molar-refractivity contribution is -0.547. The molecule has 0 aromatic carbocycles. The molecule has 0 radical (unpaired) electrons. The minimum Gasteiger partial charge on any atom is -0.463 e. The second-order valence-corrected chi connectivity index (χ2v) is 13.6. The number of carbonyl (C=O) groups is 1. The summed E-state index contributed by atoms with van der Waals surface area (Å²) >= 11 is 0. The summed E-state index contributed by atoms with van der Waals surface area (Å²) < 4.78 is 5.56. The first kappa shape index (κ1) is 25.9. The molecule has 0 aliphatic heterocycles. The molecular weight excluding hydrogens is 426 g/mol. The van der Waals surface area contributed by atoms with E-state index in [4.69, 9.17) is 4.74 Å². The summed E-state index contributed by atoms with van der Waals surface area (Å²) in [4.78, 5) is 24.0. The maximum absolute atomic E-state index is 12.4. The molecule has 5 heteroatoms. The van der Waals surface area contributed by atoms with Crippen LogP contribution in [0.5, 0.6) is 0 Å². The van der Waals surface area contributed by atoms with Crippen LogP contribution in [-0.4, -0.2) is 23.0 Å². The summed E-state index contributed by atoms with van der Waals surface area (Å²) in [5.41, 5.74) is 0.345. The Bertz CT molecular complexity index is 767. The molecule has 0 N–H and O–H groups in total. The van der Waals surface area contributed by atoms with Crippen molar-refractivity contribution in [1.29, 1.82) is 0 Å². The normalized spacial score (nSPS) is 44.6. The molecule has 0 heterocycles. The van der Waals surface area contributed by atoms with Crippen molar-refractivity contribution >= 4 is 5.97 Å². The topological polar surface area (TPSA) is 69.4 Å². The lowest BCUT2D eigenvalue weighted by atomic mass is 9.43. The molecule has 194 valence electrons. The van der Waals surface area contributed by atoms with Crippen LogP contribution >= 0.6 is 0 Å². The van der Waals surface area contributed by atoms with Crippen molar-refractivity contribution < 1.29 is 14.5 Å². The van der Waals surface area contributed by atoms with E-state index in [1.165, 1.54) is 51.9 Å². The Balaban J connectivity index is 1.54. The monoisotopic (exact) mass is 475 g/mol. The highest BCUT2D eigenvalue weighted by Gasteiger charge is 2.65. The van der Waals surface area contributed by atoms with E-state index in [0.29, 0.717) is 29.6 Å². The van der Waals surface area contributed by atoms with E-state index in [-0.39, 0.29) is 28.3 Å². The molecule has 0 aromatic heterocycles. The molecule has 10 atom stereocenters. The molecule has 0 bridgehead atoms. The van der Waals surface area contributed by atoms with Crippen LogP contribution in [0.1, 0.15) is 112 Å². The van der Waals surface area contributed by atoms with Gasteiger partial charge >= 0.3 is 5.97 Å². The first-order valence-corrected chi connectivity index (χ1v) is 14.3. The van der Waals surface area contributed by atoms with E-state index in [0.717, 1.165) is 37.0 Å². The number of carbonyl (C=O) groups excluding carboxylic acids is 1. The highest BCUT2D eigenvalue weighted by molar-refractivity contribution is 5.66. The molecule has 5 nitrogen and oxygen atoms in total. The molecule has 4 aliphatic carbocycles. The van der Waals surface area contributed by atoms with Crippen molar-refractivity contribution in [3.8, 4) is 0 Å². The van der Waals surface area contributed by atoms with Gasteiger partial charge in [0.25, 0.3) is 0 Å². The number of ether oxygens (including phenoxy) is 1. The summed E-state index contributed by atoms with van der Waals surface area (Å²) in [5.74, 6) is 3.77. The van der Waals surface area contributed by atoms with Crippen molar-refractivity contribution in [2.75, 3.05) is 0 Å². The van der Waals surface area contributed by atoms with E-state index in [1.807, 2.05) is 0 Å². The number of hydrogen-bond donors (Lipinski definition) is 0. The van der Waals surface area contributed by atoms with Crippen molar-refractivity contribution in [1.82, 2.24) is 0 Å². The Labute approximate surface area is 207 Å². The number of rotatable bonds is 7. The van der Waals surface area contributed by atoms with Crippen LogP contribution in [0.25, 0.3) is 0 Å². The predicted octanol–water partition coefficient (Wildman–Crippen LogP) is 7.29. The van der Waals surface area contributed by atoms with Crippen LogP contribution in [-0.2, 0) is 9.53 Å². The highest BCUT2D eigenvalue weighted by atomic mass is 16.6. The predicted molar refractivity (Wildman–Crippen MR) is 135 cm³/mol. The largest absolute Gasteiger partial charge is 0.463 e. The number of fused-ring (bicyclic) bond motifs is 5. The Morgan fingerprint density at radius 3 is 2.29 bits per heavy atom. The van der Waals surface area contributed by atoms with E-state index < -0.39 is 6.04 Å². The van der Waals surface area contributed by atoms with E-state index in [9.17, 15) is 14.9 Å². The fourth-order valence-electron chi connectivity index (χ4n) is 9.86. The molecular formula is C29H49NO4. The van der Waals surface area contributed by atoms with Crippen LogP contribution in [0.4, 0.5) is 0 Å². The fourth-order valence-corrected chi connectivity index (χ4v) is 9.86. The van der Waals surface area contributed by atoms with Gasteiger partial charge in [-0.15, -0.1) is 0 Å². The second-order valence-electron chi connectivity index (χ2n) is 13.6. The van der Waals surface area contributed by atoms with Gasteiger partial charge in [-0.2, -0.15) is 0 Å². The minimum absolute atomic E-state index is 0.000397. The summed E-state index contributed by atoms with van der Waals surface area (Å²) in [7, 11) is 0. The number of hydrogen-bond acceptors (Lipinski definition) is 4. The molecule has 4 saturated carbocycles. The lowest BCUT2D eigenvalue weighted by Crippen LogP contribution is -2.60. The number of esters is 1. The molecule has 0 aromatic rings. The third-order valence-electron chi connectivity index (χ3n) is 11.4. The van der Waals surface area contributed by atoms with Crippen LogP contribution in [0, 0.1) is 62.4 Å². The Kier molecular flexibility index (Phi) is 7.43. The van der Waals surface area contributed by atoms with Gasteiger partial charge < -0.3 is 4.74 Å². The fraction of sp³-hybridized carbons (Fsp3) is 0.966. The maximum atomic E-state index is 12.4. The van der Waals surface area contributed by atoms with Crippen LogP contribution in [0.15, 0.2) is 0 Å². The van der Waals surface area contributed by atoms with Gasteiger partial charge in [0.1, 0.15) is 6.10 Å². The summed E-state index contributed by atoms with van der Waals surface area (Å²) in [5, 5.41) is 12.4. The van der Waals surface area contributed by atoms with Crippen LogP contribution in [0.2, 0.25) is 0 Å². The van der Waals surface area contributed by atoms with Gasteiger partial charge in [-0.3, -0.25) is 14.9 Å². The summed E-state index contributed by atoms with van der Waals surface area (Å²) in [6.07, 6.45) is 12.1. The number of nitrogens with zero attached hydrogens (tertiary/aromatic N) is 1. The van der Waals surface area contributed by atoms with Gasteiger partial charge in [0.05, 0.1) is 0 Å². The van der Waals surface area contributed by atoms with Gasteiger partial charge in [-0.25, -0.2) is 0 Å². The second kappa shape index (κ2) is 9.73. The minimum atomic E-state index is -0.491. The van der Waals surface area contributed by atoms with Crippen molar-refractivity contribution in [2.24, 2.45) is 52.3 Å². The average molecular weight is 476 g/mol. The molecule has 4 fully saturated rings.